The maximum absolute atomic E-state index is 6.12. The van der Waals surface area contributed by atoms with E-state index in [1.807, 2.05) is 44.2 Å². The third kappa shape index (κ3) is 3.28. The van der Waals surface area contributed by atoms with E-state index in [0.717, 1.165) is 22.4 Å². The van der Waals surface area contributed by atoms with E-state index in [0.29, 0.717) is 16.7 Å². The van der Waals surface area contributed by atoms with Crippen molar-refractivity contribution in [1.82, 2.24) is 10.1 Å². The molecule has 0 aliphatic heterocycles. The van der Waals surface area contributed by atoms with Crippen molar-refractivity contribution in [2.45, 2.75) is 20.5 Å². The van der Waals surface area contributed by atoms with Crippen LogP contribution in [-0.2, 0) is 6.61 Å². The number of rotatable bonds is 4. The van der Waals surface area contributed by atoms with Gasteiger partial charge in [0.1, 0.15) is 5.75 Å². The summed E-state index contributed by atoms with van der Waals surface area (Å²) in [6.45, 7) is 4.28. The first kappa shape index (κ1) is 14.6. The van der Waals surface area contributed by atoms with Gasteiger partial charge in [-0.15, -0.1) is 0 Å². The number of nitrogens with zero attached hydrogens (tertiary/aromatic N) is 2. The van der Waals surface area contributed by atoms with Crippen LogP contribution < -0.4 is 4.74 Å². The second-order valence-corrected chi connectivity index (χ2v) is 5.51. The van der Waals surface area contributed by atoms with E-state index in [2.05, 4.69) is 16.2 Å². The van der Waals surface area contributed by atoms with E-state index in [4.69, 9.17) is 20.9 Å². The van der Waals surface area contributed by atoms with Crippen molar-refractivity contribution in [2.24, 2.45) is 0 Å². The largest absolute Gasteiger partial charge is 0.484 e. The first-order valence-electron chi connectivity index (χ1n) is 6.90. The molecule has 0 unspecified atom stereocenters. The number of aryl methyl sites for hydroxylation is 2. The third-order valence-electron chi connectivity index (χ3n) is 3.14. The molecule has 2 aromatic carbocycles. The molecule has 1 heterocycles. The zero-order chi connectivity index (χ0) is 15.5. The number of benzene rings is 2. The third-order valence-corrected chi connectivity index (χ3v) is 3.47. The Labute approximate surface area is 133 Å². The summed E-state index contributed by atoms with van der Waals surface area (Å²) in [4.78, 5) is 4.31. The van der Waals surface area contributed by atoms with Gasteiger partial charge >= 0.3 is 0 Å². The Hall–Kier alpha value is -2.33. The Bertz CT molecular complexity index is 779. The molecular formula is C17H15ClN2O2. The molecule has 0 radical (unpaired) electrons. The summed E-state index contributed by atoms with van der Waals surface area (Å²) in [7, 11) is 0. The van der Waals surface area contributed by atoms with Crippen molar-refractivity contribution < 1.29 is 9.26 Å². The lowest BCUT2D eigenvalue weighted by atomic mass is 10.1. The molecule has 0 fully saturated rings. The van der Waals surface area contributed by atoms with Crippen LogP contribution in [-0.4, -0.2) is 10.1 Å². The molecule has 3 aromatic rings. The van der Waals surface area contributed by atoms with Gasteiger partial charge in [-0.1, -0.05) is 35.0 Å². The van der Waals surface area contributed by atoms with Gasteiger partial charge < -0.3 is 9.26 Å². The summed E-state index contributed by atoms with van der Waals surface area (Å²) in [5, 5.41) is 4.53. The van der Waals surface area contributed by atoms with E-state index in [-0.39, 0.29) is 6.61 Å². The molecule has 112 valence electrons. The molecule has 5 heteroatoms. The van der Waals surface area contributed by atoms with Crippen LogP contribution in [0.2, 0.25) is 5.02 Å². The average Bonchev–Trinajstić information content (AvgIpc) is 2.93. The number of aromatic nitrogens is 2. The molecule has 0 saturated carbocycles. The molecule has 0 amide bonds. The van der Waals surface area contributed by atoms with E-state index in [1.165, 1.54) is 0 Å². The van der Waals surface area contributed by atoms with Crippen molar-refractivity contribution in [1.29, 1.82) is 0 Å². The van der Waals surface area contributed by atoms with Crippen LogP contribution in [0, 0.1) is 13.8 Å². The topological polar surface area (TPSA) is 48.2 Å². The van der Waals surface area contributed by atoms with Gasteiger partial charge in [0.2, 0.25) is 5.82 Å². The van der Waals surface area contributed by atoms with Crippen LogP contribution in [0.15, 0.2) is 47.0 Å². The zero-order valence-corrected chi connectivity index (χ0v) is 13.1. The van der Waals surface area contributed by atoms with E-state index in [9.17, 15) is 0 Å². The first-order valence-corrected chi connectivity index (χ1v) is 7.28. The SMILES string of the molecule is Cc1cc(C)cc(OCc2nc(-c3ccccc3Cl)no2)c1. The minimum atomic E-state index is 0.223. The van der Waals surface area contributed by atoms with Crippen LogP contribution in [0.25, 0.3) is 11.4 Å². The van der Waals surface area contributed by atoms with Crippen LogP contribution in [0.1, 0.15) is 17.0 Å². The van der Waals surface area contributed by atoms with E-state index in [1.54, 1.807) is 6.07 Å². The van der Waals surface area contributed by atoms with Crippen molar-refractivity contribution in [3.8, 4) is 17.1 Å². The Morgan fingerprint density at radius 1 is 1.09 bits per heavy atom. The average molecular weight is 315 g/mol. The predicted octanol–water partition coefficient (Wildman–Crippen LogP) is 4.59. The summed E-state index contributed by atoms with van der Waals surface area (Å²) in [5.74, 6) is 1.66. The minimum absolute atomic E-state index is 0.223. The summed E-state index contributed by atoms with van der Waals surface area (Å²) in [6, 6.07) is 13.4. The highest BCUT2D eigenvalue weighted by Gasteiger charge is 2.11. The highest BCUT2D eigenvalue weighted by atomic mass is 35.5. The van der Waals surface area contributed by atoms with Gasteiger partial charge in [-0.25, -0.2) is 0 Å². The van der Waals surface area contributed by atoms with Gasteiger partial charge in [0.25, 0.3) is 5.89 Å². The number of ether oxygens (including phenoxy) is 1. The fourth-order valence-electron chi connectivity index (χ4n) is 2.23. The summed E-state index contributed by atoms with van der Waals surface area (Å²) in [5.41, 5.74) is 3.04. The number of hydrogen-bond acceptors (Lipinski definition) is 4. The fourth-order valence-corrected chi connectivity index (χ4v) is 2.45. The maximum Gasteiger partial charge on any atom is 0.264 e. The van der Waals surface area contributed by atoms with Crippen LogP contribution in [0.3, 0.4) is 0 Å². The molecule has 0 saturated heterocycles. The molecule has 0 bridgehead atoms. The quantitative estimate of drug-likeness (QED) is 0.707. The second-order valence-electron chi connectivity index (χ2n) is 5.10. The second kappa shape index (κ2) is 6.20. The molecule has 0 aliphatic carbocycles. The Kier molecular flexibility index (Phi) is 4.11. The summed E-state index contributed by atoms with van der Waals surface area (Å²) in [6.07, 6.45) is 0. The highest BCUT2D eigenvalue weighted by Crippen LogP contribution is 2.25. The number of halogens is 1. The number of hydrogen-bond donors (Lipinski definition) is 0. The molecular weight excluding hydrogens is 300 g/mol. The van der Waals surface area contributed by atoms with Gasteiger partial charge in [-0.2, -0.15) is 4.98 Å². The minimum Gasteiger partial charge on any atom is -0.484 e. The Balaban J connectivity index is 1.73. The molecule has 0 atom stereocenters. The van der Waals surface area contributed by atoms with Crippen LogP contribution >= 0.6 is 11.6 Å². The maximum atomic E-state index is 6.12. The molecule has 4 nitrogen and oxygen atoms in total. The Morgan fingerprint density at radius 3 is 2.55 bits per heavy atom. The van der Waals surface area contributed by atoms with Crippen molar-refractivity contribution in [3.63, 3.8) is 0 Å². The monoisotopic (exact) mass is 314 g/mol. The fraction of sp³-hybridized carbons (Fsp3) is 0.176. The normalized spacial score (nSPS) is 10.7. The van der Waals surface area contributed by atoms with Crippen molar-refractivity contribution in [2.75, 3.05) is 0 Å². The molecule has 0 N–H and O–H groups in total. The van der Waals surface area contributed by atoms with Gasteiger partial charge in [-0.05, 0) is 49.2 Å². The smallest absolute Gasteiger partial charge is 0.264 e. The molecule has 3 rings (SSSR count). The summed E-state index contributed by atoms with van der Waals surface area (Å²) >= 11 is 6.12. The first-order chi connectivity index (χ1) is 10.6. The summed E-state index contributed by atoms with van der Waals surface area (Å²) < 4.78 is 10.9. The highest BCUT2D eigenvalue weighted by molar-refractivity contribution is 6.33. The lowest BCUT2D eigenvalue weighted by Crippen LogP contribution is -1.96. The molecule has 22 heavy (non-hydrogen) atoms. The van der Waals surface area contributed by atoms with Gasteiger partial charge in [0.05, 0.1) is 5.02 Å². The van der Waals surface area contributed by atoms with E-state index >= 15 is 0 Å². The Morgan fingerprint density at radius 2 is 1.82 bits per heavy atom. The zero-order valence-electron chi connectivity index (χ0n) is 12.3. The van der Waals surface area contributed by atoms with Crippen LogP contribution in [0.4, 0.5) is 0 Å². The van der Waals surface area contributed by atoms with E-state index < -0.39 is 0 Å². The predicted molar refractivity (Wildman–Crippen MR) is 85.0 cm³/mol. The van der Waals surface area contributed by atoms with Gasteiger partial charge in [-0.3, -0.25) is 0 Å². The van der Waals surface area contributed by atoms with Crippen LogP contribution in [0.5, 0.6) is 5.75 Å². The molecule has 0 spiro atoms. The van der Waals surface area contributed by atoms with Gasteiger partial charge in [0, 0.05) is 5.56 Å². The lowest BCUT2D eigenvalue weighted by molar-refractivity contribution is 0.242. The molecule has 0 aliphatic rings. The van der Waals surface area contributed by atoms with Crippen molar-refractivity contribution in [3.05, 3.63) is 64.5 Å². The lowest BCUT2D eigenvalue weighted by Gasteiger charge is -2.05. The molecule has 1 aromatic heterocycles. The van der Waals surface area contributed by atoms with Crippen molar-refractivity contribution >= 4 is 11.6 Å². The standard InChI is InChI=1S/C17H15ClN2O2/c1-11-7-12(2)9-13(8-11)21-10-16-19-17(20-22-16)14-5-3-4-6-15(14)18/h3-9H,10H2,1-2H3. The van der Waals surface area contributed by atoms with Gasteiger partial charge in [0.15, 0.2) is 6.61 Å².